The molecule has 2 heterocycles. The maximum Gasteiger partial charge on any atom is 0.253 e. The number of amides is 3. The summed E-state index contributed by atoms with van der Waals surface area (Å²) in [4.78, 5) is 65.7. The highest BCUT2D eigenvalue weighted by Gasteiger charge is 2.56. The van der Waals surface area contributed by atoms with Gasteiger partial charge in [0.05, 0.1) is 6.04 Å². The van der Waals surface area contributed by atoms with Crippen LogP contribution in [0, 0.1) is 5.92 Å². The number of Topliss-reactive ketones (excluding diaryl/α,β-unsaturated/α-hetero) is 1. The Morgan fingerprint density at radius 1 is 1.24 bits per heavy atom. The average molecular weight is 408 g/mol. The Bertz CT molecular complexity index is 680. The summed E-state index contributed by atoms with van der Waals surface area (Å²) in [7, 11) is 0. The summed E-state index contributed by atoms with van der Waals surface area (Å²) < 4.78 is 0. The van der Waals surface area contributed by atoms with E-state index < -0.39 is 41.1 Å². The van der Waals surface area contributed by atoms with Crippen LogP contribution in [-0.2, 0) is 24.0 Å². The summed E-state index contributed by atoms with van der Waals surface area (Å²) in [6, 6.07) is -1.65. The smallest absolute Gasteiger partial charge is 0.253 e. The molecular weight excluding hydrogens is 376 g/mol. The van der Waals surface area contributed by atoms with Gasteiger partial charge in [0.2, 0.25) is 11.8 Å². The number of unbranched alkanes of at least 4 members (excludes halogenated alkanes) is 1. The van der Waals surface area contributed by atoms with Crippen LogP contribution in [0.3, 0.4) is 0 Å². The molecule has 0 aromatic heterocycles. The highest BCUT2D eigenvalue weighted by Crippen LogP contribution is 2.34. The Balaban J connectivity index is 2.28. The molecular formula is C20H32N4O5. The fraction of sp³-hybridized carbons (Fsp3) is 0.750. The lowest BCUT2D eigenvalue weighted by Crippen LogP contribution is -2.68. The van der Waals surface area contributed by atoms with E-state index in [1.54, 1.807) is 13.8 Å². The summed E-state index contributed by atoms with van der Waals surface area (Å²) in [5.74, 6) is -2.57. The molecule has 29 heavy (non-hydrogen) atoms. The largest absolute Gasteiger partial charge is 0.330 e. The van der Waals surface area contributed by atoms with Gasteiger partial charge in [0, 0.05) is 19.4 Å². The third kappa shape index (κ3) is 4.25. The van der Waals surface area contributed by atoms with Crippen LogP contribution in [0.15, 0.2) is 0 Å². The first kappa shape index (κ1) is 23.2. The molecule has 4 N–H and O–H groups in total. The molecule has 0 aliphatic carbocycles. The van der Waals surface area contributed by atoms with Gasteiger partial charge < -0.3 is 21.2 Å². The van der Waals surface area contributed by atoms with Crippen LogP contribution in [-0.4, -0.2) is 70.3 Å². The van der Waals surface area contributed by atoms with Gasteiger partial charge in [-0.15, -0.1) is 0 Å². The molecule has 3 amide bonds. The van der Waals surface area contributed by atoms with Gasteiger partial charge >= 0.3 is 0 Å². The van der Waals surface area contributed by atoms with Crippen molar-refractivity contribution in [3.63, 3.8) is 0 Å². The molecule has 3 atom stereocenters. The number of nitrogens with zero attached hydrogens (tertiary/aromatic N) is 2. The van der Waals surface area contributed by atoms with Crippen molar-refractivity contribution < 1.29 is 24.0 Å². The number of carbonyl (C=O) groups excluding carboxylic acids is 5. The minimum Gasteiger partial charge on any atom is -0.330 e. The molecule has 2 rings (SSSR count). The Morgan fingerprint density at radius 2 is 1.93 bits per heavy atom. The van der Waals surface area contributed by atoms with E-state index in [-0.39, 0.29) is 18.7 Å². The van der Waals surface area contributed by atoms with Crippen molar-refractivity contribution in [3.05, 3.63) is 0 Å². The van der Waals surface area contributed by atoms with Crippen LogP contribution in [0.2, 0.25) is 0 Å². The van der Waals surface area contributed by atoms with Gasteiger partial charge in [-0.3, -0.25) is 24.1 Å². The van der Waals surface area contributed by atoms with Crippen LogP contribution in [0.4, 0.5) is 0 Å². The van der Waals surface area contributed by atoms with E-state index in [2.05, 4.69) is 0 Å². The van der Waals surface area contributed by atoms with Crippen LogP contribution < -0.4 is 11.5 Å². The van der Waals surface area contributed by atoms with Crippen LogP contribution in [0.5, 0.6) is 0 Å². The molecule has 0 bridgehead atoms. The van der Waals surface area contributed by atoms with E-state index in [0.29, 0.717) is 45.1 Å². The monoisotopic (exact) mass is 408 g/mol. The molecule has 9 nitrogen and oxygen atoms in total. The number of hydrogen-bond acceptors (Lipinski definition) is 7. The molecule has 0 aromatic rings. The quantitative estimate of drug-likeness (QED) is 0.244. The molecule has 2 saturated heterocycles. The summed E-state index contributed by atoms with van der Waals surface area (Å²) in [6.45, 7) is 4.14. The zero-order chi connectivity index (χ0) is 21.8. The van der Waals surface area contributed by atoms with Gasteiger partial charge in [0.1, 0.15) is 6.04 Å². The average Bonchev–Trinajstić information content (AvgIpc) is 3.18. The fourth-order valence-corrected chi connectivity index (χ4v) is 4.28. The van der Waals surface area contributed by atoms with Crippen molar-refractivity contribution in [2.75, 3.05) is 13.1 Å². The first-order valence-corrected chi connectivity index (χ1v) is 10.3. The fourth-order valence-electron chi connectivity index (χ4n) is 4.28. The first-order chi connectivity index (χ1) is 13.7. The number of piperidine rings is 1. The molecule has 9 heteroatoms. The second-order valence-corrected chi connectivity index (χ2v) is 8.17. The summed E-state index contributed by atoms with van der Waals surface area (Å²) in [5.41, 5.74) is 9.68. The molecule has 2 aliphatic heterocycles. The van der Waals surface area contributed by atoms with E-state index in [1.807, 2.05) is 0 Å². The Kier molecular flexibility index (Phi) is 7.65. The zero-order valence-electron chi connectivity index (χ0n) is 17.3. The van der Waals surface area contributed by atoms with Crippen molar-refractivity contribution in [3.8, 4) is 0 Å². The number of hydrogen-bond donors (Lipinski definition) is 2. The number of rotatable bonds is 8. The summed E-state index contributed by atoms with van der Waals surface area (Å²) in [6.07, 6.45) is 3.09. The number of imide groups is 1. The van der Waals surface area contributed by atoms with Gasteiger partial charge in [0.25, 0.3) is 5.91 Å². The van der Waals surface area contributed by atoms with Crippen LogP contribution in [0.25, 0.3) is 0 Å². The molecule has 2 fully saturated rings. The Hall–Kier alpha value is -2.13. The second kappa shape index (κ2) is 9.58. The van der Waals surface area contributed by atoms with E-state index in [9.17, 15) is 24.0 Å². The second-order valence-electron chi connectivity index (χ2n) is 8.17. The van der Waals surface area contributed by atoms with Gasteiger partial charge in [-0.2, -0.15) is 0 Å². The van der Waals surface area contributed by atoms with E-state index >= 15 is 0 Å². The van der Waals surface area contributed by atoms with Crippen molar-refractivity contribution in [2.45, 2.75) is 76.4 Å². The highest BCUT2D eigenvalue weighted by molar-refractivity contribution is 6.16. The van der Waals surface area contributed by atoms with Crippen LogP contribution >= 0.6 is 0 Å². The number of likely N-dealkylation sites (tertiary alicyclic amines) is 2. The van der Waals surface area contributed by atoms with Crippen molar-refractivity contribution in [1.82, 2.24) is 9.80 Å². The SMILES string of the molecule is CC(C)[C@]1(C=O)C(=O)CCC(=O)N1C(=O)[C@@H]1CCCN1C(=O)[C@@H](N)CCCCN. The summed E-state index contributed by atoms with van der Waals surface area (Å²) >= 11 is 0. The highest BCUT2D eigenvalue weighted by atomic mass is 16.2. The molecule has 2 aliphatic rings. The molecule has 0 saturated carbocycles. The number of aldehydes is 1. The predicted octanol–water partition coefficient (Wildman–Crippen LogP) is -0.254. The lowest BCUT2D eigenvalue weighted by molar-refractivity contribution is -0.170. The lowest BCUT2D eigenvalue weighted by Gasteiger charge is -2.44. The third-order valence-electron chi connectivity index (χ3n) is 6.02. The molecule has 0 spiro atoms. The van der Waals surface area contributed by atoms with E-state index in [0.717, 1.165) is 11.3 Å². The third-order valence-corrected chi connectivity index (χ3v) is 6.02. The normalized spacial score (nSPS) is 26.2. The van der Waals surface area contributed by atoms with Gasteiger partial charge in [-0.25, -0.2) is 0 Å². The first-order valence-electron chi connectivity index (χ1n) is 10.3. The number of nitrogens with two attached hydrogens (primary N) is 2. The Morgan fingerprint density at radius 3 is 2.52 bits per heavy atom. The van der Waals surface area contributed by atoms with Crippen molar-refractivity contribution >= 4 is 29.8 Å². The van der Waals surface area contributed by atoms with Crippen LogP contribution in [0.1, 0.15) is 58.8 Å². The molecule has 0 unspecified atom stereocenters. The lowest BCUT2D eigenvalue weighted by atomic mass is 9.77. The maximum absolute atomic E-state index is 13.4. The standard InChI is InChI=1S/C20H32N4O5/c1-13(2)20(12-25)16(26)8-9-17(27)24(20)19(29)15-7-5-11-23(15)18(28)14(22)6-3-4-10-21/h12-15H,3-11,21-22H2,1-2H3/t14-,15-,20+/m0/s1. The summed E-state index contributed by atoms with van der Waals surface area (Å²) in [5, 5.41) is 0. The van der Waals surface area contributed by atoms with E-state index in [4.69, 9.17) is 11.5 Å². The number of ketones is 1. The van der Waals surface area contributed by atoms with Crippen molar-refractivity contribution in [2.24, 2.45) is 17.4 Å². The molecule has 0 aromatic carbocycles. The molecule has 162 valence electrons. The van der Waals surface area contributed by atoms with E-state index in [1.165, 1.54) is 4.90 Å². The molecule has 0 radical (unpaired) electrons. The number of carbonyl (C=O) groups is 5. The van der Waals surface area contributed by atoms with Gasteiger partial charge in [0.15, 0.2) is 17.6 Å². The minimum atomic E-state index is -1.81. The van der Waals surface area contributed by atoms with Gasteiger partial charge in [-0.05, 0) is 38.1 Å². The minimum absolute atomic E-state index is 0.0706. The Labute approximate surface area is 171 Å². The topological polar surface area (TPSA) is 144 Å². The zero-order valence-corrected chi connectivity index (χ0v) is 17.3. The predicted molar refractivity (Wildman–Crippen MR) is 105 cm³/mol. The van der Waals surface area contributed by atoms with Gasteiger partial charge in [-0.1, -0.05) is 20.3 Å². The van der Waals surface area contributed by atoms with Crippen molar-refractivity contribution in [1.29, 1.82) is 0 Å². The maximum atomic E-state index is 13.4.